The number of hydrogen-bond donors (Lipinski definition) is 2. The molecular formula is C16H18N2O3. The van der Waals surface area contributed by atoms with Crippen LogP contribution in [0.3, 0.4) is 0 Å². The summed E-state index contributed by atoms with van der Waals surface area (Å²) in [5.41, 5.74) is -0.0269. The fourth-order valence-electron chi connectivity index (χ4n) is 2.65. The van der Waals surface area contributed by atoms with E-state index in [0.29, 0.717) is 18.0 Å². The van der Waals surface area contributed by atoms with E-state index in [1.54, 1.807) is 18.2 Å². The van der Waals surface area contributed by atoms with Crippen LogP contribution in [0.5, 0.6) is 0 Å². The minimum absolute atomic E-state index is 0.0671. The van der Waals surface area contributed by atoms with E-state index in [-0.39, 0.29) is 11.5 Å². The van der Waals surface area contributed by atoms with Crippen LogP contribution < -0.4 is 16.3 Å². The zero-order valence-electron chi connectivity index (χ0n) is 11.7. The van der Waals surface area contributed by atoms with Crippen LogP contribution in [0.4, 0.5) is 0 Å². The van der Waals surface area contributed by atoms with Crippen molar-refractivity contribution in [3.05, 3.63) is 46.3 Å². The van der Waals surface area contributed by atoms with Crippen molar-refractivity contribution in [3.63, 3.8) is 0 Å². The average molecular weight is 286 g/mol. The lowest BCUT2D eigenvalue weighted by Crippen LogP contribution is -2.39. The van der Waals surface area contributed by atoms with Gasteiger partial charge in [0.25, 0.3) is 5.91 Å². The molecule has 3 rings (SSSR count). The molecule has 5 nitrogen and oxygen atoms in total. The first-order chi connectivity index (χ1) is 10.2. The van der Waals surface area contributed by atoms with E-state index in [0.717, 1.165) is 31.3 Å². The highest BCUT2D eigenvalue weighted by Gasteiger charge is 2.17. The Labute approximate surface area is 122 Å². The molecule has 5 heteroatoms. The van der Waals surface area contributed by atoms with Crippen LogP contribution in [0.1, 0.15) is 23.2 Å². The number of amides is 1. The van der Waals surface area contributed by atoms with Crippen molar-refractivity contribution in [2.75, 3.05) is 19.6 Å². The quantitative estimate of drug-likeness (QED) is 0.839. The Hall–Kier alpha value is -2.14. The molecule has 1 unspecified atom stereocenters. The van der Waals surface area contributed by atoms with E-state index < -0.39 is 5.63 Å². The van der Waals surface area contributed by atoms with Crippen molar-refractivity contribution in [1.29, 1.82) is 0 Å². The maximum absolute atomic E-state index is 12.2. The lowest BCUT2D eigenvalue weighted by molar-refractivity contribution is 0.0941. The molecule has 1 aliphatic heterocycles. The molecule has 1 aromatic carbocycles. The number of nitrogens with one attached hydrogen (secondary N) is 2. The highest BCUT2D eigenvalue weighted by molar-refractivity contribution is 5.96. The largest absolute Gasteiger partial charge is 0.422 e. The third-order valence-corrected chi connectivity index (χ3v) is 3.84. The molecule has 1 saturated heterocycles. The van der Waals surface area contributed by atoms with Gasteiger partial charge in [0.15, 0.2) is 0 Å². The maximum atomic E-state index is 12.2. The first-order valence-electron chi connectivity index (χ1n) is 7.26. The number of benzene rings is 1. The molecule has 1 atom stereocenters. The van der Waals surface area contributed by atoms with Crippen molar-refractivity contribution in [2.24, 2.45) is 5.92 Å². The first-order valence-corrected chi connectivity index (χ1v) is 7.26. The Morgan fingerprint density at radius 1 is 1.38 bits per heavy atom. The molecule has 1 aromatic heterocycles. The average Bonchev–Trinajstić information content (AvgIpc) is 2.53. The van der Waals surface area contributed by atoms with E-state index in [9.17, 15) is 9.59 Å². The van der Waals surface area contributed by atoms with Crippen LogP contribution in [-0.2, 0) is 0 Å². The summed E-state index contributed by atoms with van der Waals surface area (Å²) in [5.74, 6) is 0.0651. The molecule has 0 spiro atoms. The topological polar surface area (TPSA) is 71.3 Å². The summed E-state index contributed by atoms with van der Waals surface area (Å²) in [5, 5.41) is 6.89. The van der Waals surface area contributed by atoms with E-state index in [2.05, 4.69) is 10.6 Å². The van der Waals surface area contributed by atoms with Gasteiger partial charge in [0.2, 0.25) is 0 Å². The van der Waals surface area contributed by atoms with Crippen molar-refractivity contribution in [3.8, 4) is 0 Å². The summed E-state index contributed by atoms with van der Waals surface area (Å²) >= 11 is 0. The smallest absolute Gasteiger partial charge is 0.349 e. The lowest BCUT2D eigenvalue weighted by atomic mass is 10.00. The zero-order chi connectivity index (χ0) is 14.7. The van der Waals surface area contributed by atoms with Crippen LogP contribution >= 0.6 is 0 Å². The minimum atomic E-state index is -0.590. The van der Waals surface area contributed by atoms with Crippen LogP contribution in [0, 0.1) is 5.92 Å². The Morgan fingerprint density at radius 2 is 2.24 bits per heavy atom. The number of carbonyl (C=O) groups is 1. The Balaban J connectivity index is 1.74. The van der Waals surface area contributed by atoms with Gasteiger partial charge in [-0.15, -0.1) is 0 Å². The number of hydrogen-bond acceptors (Lipinski definition) is 4. The standard InChI is InChI=1S/C16H18N2O3/c19-15(18-10-11-4-3-7-17-9-11)13-8-12-5-1-2-6-14(12)21-16(13)20/h1-2,5-6,8,11,17H,3-4,7,9-10H2,(H,18,19). The molecule has 1 aliphatic rings. The van der Waals surface area contributed by atoms with Crippen LogP contribution in [0.25, 0.3) is 11.0 Å². The summed E-state index contributed by atoms with van der Waals surface area (Å²) < 4.78 is 5.18. The first kappa shape index (κ1) is 13.8. The highest BCUT2D eigenvalue weighted by atomic mass is 16.4. The van der Waals surface area contributed by atoms with E-state index in [4.69, 9.17) is 4.42 Å². The number of rotatable bonds is 3. The predicted molar refractivity (Wildman–Crippen MR) is 80.4 cm³/mol. The second-order valence-electron chi connectivity index (χ2n) is 5.41. The monoisotopic (exact) mass is 286 g/mol. The summed E-state index contributed by atoms with van der Waals surface area (Å²) in [4.78, 5) is 24.0. The van der Waals surface area contributed by atoms with Gasteiger partial charge >= 0.3 is 5.63 Å². The lowest BCUT2D eigenvalue weighted by Gasteiger charge is -2.22. The molecule has 1 amide bonds. The Bertz CT molecular complexity index is 702. The van der Waals surface area contributed by atoms with Crippen molar-refractivity contribution in [2.45, 2.75) is 12.8 Å². The van der Waals surface area contributed by atoms with Crippen molar-refractivity contribution < 1.29 is 9.21 Å². The van der Waals surface area contributed by atoms with Gasteiger partial charge in [-0.1, -0.05) is 18.2 Å². The van der Waals surface area contributed by atoms with Crippen molar-refractivity contribution in [1.82, 2.24) is 10.6 Å². The summed E-state index contributed by atoms with van der Waals surface area (Å²) in [7, 11) is 0. The second kappa shape index (κ2) is 6.10. The molecule has 0 bridgehead atoms. The van der Waals surface area contributed by atoms with Gasteiger partial charge in [-0.05, 0) is 44.0 Å². The number of carbonyl (C=O) groups excluding carboxylic acids is 1. The SMILES string of the molecule is O=C(NCC1CCCNC1)c1cc2ccccc2oc1=O. The van der Waals surface area contributed by atoms with Gasteiger partial charge in [0, 0.05) is 11.9 Å². The summed E-state index contributed by atoms with van der Waals surface area (Å²) in [6, 6.07) is 8.76. The third kappa shape index (κ3) is 3.13. The third-order valence-electron chi connectivity index (χ3n) is 3.84. The Kier molecular flexibility index (Phi) is 4.01. The highest BCUT2D eigenvalue weighted by Crippen LogP contribution is 2.13. The molecule has 0 radical (unpaired) electrons. The minimum Gasteiger partial charge on any atom is -0.422 e. The van der Waals surface area contributed by atoms with Gasteiger partial charge in [0.05, 0.1) is 0 Å². The van der Waals surface area contributed by atoms with E-state index >= 15 is 0 Å². The van der Waals surface area contributed by atoms with E-state index in [1.165, 1.54) is 0 Å². The molecular weight excluding hydrogens is 268 g/mol. The maximum Gasteiger partial charge on any atom is 0.349 e. The number of fused-ring (bicyclic) bond motifs is 1. The fourth-order valence-corrected chi connectivity index (χ4v) is 2.65. The van der Waals surface area contributed by atoms with Gasteiger partial charge in [-0.3, -0.25) is 4.79 Å². The molecule has 2 heterocycles. The van der Waals surface area contributed by atoms with E-state index in [1.807, 2.05) is 12.1 Å². The van der Waals surface area contributed by atoms with Gasteiger partial charge in [-0.2, -0.15) is 0 Å². The van der Waals surface area contributed by atoms with Crippen LogP contribution in [0.2, 0.25) is 0 Å². The molecule has 1 fully saturated rings. The predicted octanol–water partition coefficient (Wildman–Crippen LogP) is 1.52. The summed E-state index contributed by atoms with van der Waals surface area (Å²) in [6.45, 7) is 2.53. The number of para-hydroxylation sites is 1. The Morgan fingerprint density at radius 3 is 3.05 bits per heavy atom. The molecule has 110 valence electrons. The fraction of sp³-hybridized carbons (Fsp3) is 0.375. The normalized spacial score (nSPS) is 18.6. The molecule has 2 N–H and O–H groups in total. The van der Waals surface area contributed by atoms with Gasteiger partial charge in [-0.25, -0.2) is 4.79 Å². The van der Waals surface area contributed by atoms with Gasteiger partial charge < -0.3 is 15.1 Å². The molecule has 0 aliphatic carbocycles. The second-order valence-corrected chi connectivity index (χ2v) is 5.41. The van der Waals surface area contributed by atoms with Gasteiger partial charge in [0.1, 0.15) is 11.1 Å². The van der Waals surface area contributed by atoms with Crippen LogP contribution in [0.15, 0.2) is 39.5 Å². The van der Waals surface area contributed by atoms with Crippen molar-refractivity contribution >= 4 is 16.9 Å². The molecule has 21 heavy (non-hydrogen) atoms. The zero-order valence-corrected chi connectivity index (χ0v) is 11.7. The summed E-state index contributed by atoms with van der Waals surface area (Å²) in [6.07, 6.45) is 2.22. The van der Waals surface area contributed by atoms with Crippen LogP contribution in [-0.4, -0.2) is 25.5 Å². The molecule has 0 saturated carbocycles. The molecule has 2 aromatic rings. The number of piperidine rings is 1.